The number of fused-ring (bicyclic) bond motifs is 1. The molecule has 0 saturated heterocycles. The molecule has 0 spiro atoms. The molecule has 0 aliphatic carbocycles. The normalized spacial score (nSPS) is 10.8. The number of nitrogens with two attached hydrogens (primary N) is 1. The molecule has 144 valence electrons. The Morgan fingerprint density at radius 1 is 1.03 bits per heavy atom. The molecule has 2 aromatic carbocycles. The Kier molecular flexibility index (Phi) is 5.59. The number of amides is 2. The molecule has 0 aliphatic heterocycles. The van der Waals surface area contributed by atoms with Crippen molar-refractivity contribution in [1.82, 2.24) is 4.98 Å². The minimum atomic E-state index is -0.406. The fraction of sp³-hybridized carbons (Fsp3) is 0.0455. The van der Waals surface area contributed by atoms with Crippen molar-refractivity contribution in [3.63, 3.8) is 0 Å². The lowest BCUT2D eigenvalue weighted by Gasteiger charge is -2.12. The van der Waals surface area contributed by atoms with Crippen molar-refractivity contribution in [3.05, 3.63) is 77.7 Å². The first-order valence-corrected chi connectivity index (χ1v) is 10.7. The van der Waals surface area contributed by atoms with Crippen molar-refractivity contribution in [1.29, 1.82) is 0 Å². The molecule has 0 atom stereocenters. The van der Waals surface area contributed by atoms with E-state index in [0.29, 0.717) is 11.3 Å². The zero-order chi connectivity index (χ0) is 20.2. The minimum absolute atomic E-state index is 0.146. The summed E-state index contributed by atoms with van der Waals surface area (Å²) in [6.07, 6.45) is 0. The van der Waals surface area contributed by atoms with E-state index >= 15 is 0 Å². The smallest absolute Gasteiger partial charge is 0.256 e. The summed E-state index contributed by atoms with van der Waals surface area (Å²) in [6, 6.07) is 20.7. The third-order valence-corrected chi connectivity index (χ3v) is 6.23. The highest BCUT2D eigenvalue weighted by atomic mass is 32.2. The van der Waals surface area contributed by atoms with Crippen LogP contribution in [0, 0.1) is 0 Å². The molecule has 0 saturated carbocycles. The maximum atomic E-state index is 13.2. The molecule has 0 aliphatic rings. The molecule has 2 amide bonds. The maximum absolute atomic E-state index is 13.2. The van der Waals surface area contributed by atoms with E-state index in [9.17, 15) is 9.59 Å². The molecule has 29 heavy (non-hydrogen) atoms. The molecule has 0 radical (unpaired) electrons. The molecule has 0 fully saturated rings. The number of nitrogens with zero attached hydrogens (tertiary/aromatic N) is 1. The number of hydrogen-bond donors (Lipinski definition) is 2. The van der Waals surface area contributed by atoms with Crippen molar-refractivity contribution in [2.24, 2.45) is 5.73 Å². The van der Waals surface area contributed by atoms with Gasteiger partial charge in [0.1, 0.15) is 0 Å². The Labute approximate surface area is 176 Å². The number of anilines is 1. The number of rotatable bonds is 6. The second-order valence-corrected chi connectivity index (χ2v) is 8.22. The number of aromatic nitrogens is 1. The van der Waals surface area contributed by atoms with Crippen LogP contribution in [-0.2, 0) is 4.79 Å². The van der Waals surface area contributed by atoms with Crippen LogP contribution in [0.15, 0.2) is 77.0 Å². The zero-order valence-corrected chi connectivity index (χ0v) is 16.9. The number of hydrogen-bond acceptors (Lipinski definition) is 5. The summed E-state index contributed by atoms with van der Waals surface area (Å²) in [5, 5.41) is 5.75. The highest BCUT2D eigenvalue weighted by molar-refractivity contribution is 8.00. The monoisotopic (exact) mass is 419 g/mol. The molecule has 2 heterocycles. The van der Waals surface area contributed by atoms with Crippen LogP contribution in [0.3, 0.4) is 0 Å². The van der Waals surface area contributed by atoms with Gasteiger partial charge in [0, 0.05) is 10.3 Å². The number of para-hydroxylation sites is 2. The zero-order valence-electron chi connectivity index (χ0n) is 15.3. The Bertz CT molecular complexity index is 1190. The molecule has 2 aromatic heterocycles. The number of nitrogens with one attached hydrogen (secondary N) is 1. The first kappa shape index (κ1) is 19.2. The largest absolute Gasteiger partial charge is 0.369 e. The summed E-state index contributed by atoms with van der Waals surface area (Å²) in [4.78, 5) is 30.8. The Hall–Kier alpha value is -3.16. The van der Waals surface area contributed by atoms with Gasteiger partial charge in [0.15, 0.2) is 0 Å². The summed E-state index contributed by atoms with van der Waals surface area (Å²) >= 11 is 2.88. The second-order valence-electron chi connectivity index (χ2n) is 6.25. The van der Waals surface area contributed by atoms with Gasteiger partial charge in [-0.3, -0.25) is 9.59 Å². The lowest BCUT2D eigenvalue weighted by atomic mass is 10.1. The summed E-state index contributed by atoms with van der Waals surface area (Å²) in [6.45, 7) is 0. The van der Waals surface area contributed by atoms with Crippen LogP contribution in [-0.4, -0.2) is 22.6 Å². The van der Waals surface area contributed by atoms with E-state index < -0.39 is 5.91 Å². The Morgan fingerprint density at radius 3 is 2.62 bits per heavy atom. The van der Waals surface area contributed by atoms with Gasteiger partial charge in [0.2, 0.25) is 5.91 Å². The molecule has 0 unspecified atom stereocenters. The van der Waals surface area contributed by atoms with Gasteiger partial charge >= 0.3 is 0 Å². The molecule has 5 nitrogen and oxygen atoms in total. The lowest BCUT2D eigenvalue weighted by molar-refractivity contribution is -0.115. The van der Waals surface area contributed by atoms with Gasteiger partial charge in [-0.1, -0.05) is 36.4 Å². The lowest BCUT2D eigenvalue weighted by Crippen LogP contribution is -2.15. The summed E-state index contributed by atoms with van der Waals surface area (Å²) in [5.74, 6) is -0.487. The molecule has 4 aromatic rings. The van der Waals surface area contributed by atoms with E-state index in [1.54, 1.807) is 11.3 Å². The van der Waals surface area contributed by atoms with E-state index in [4.69, 9.17) is 10.7 Å². The van der Waals surface area contributed by atoms with Crippen LogP contribution in [0.25, 0.3) is 21.5 Å². The van der Waals surface area contributed by atoms with Crippen molar-refractivity contribution >= 4 is 51.5 Å². The predicted molar refractivity (Wildman–Crippen MR) is 119 cm³/mol. The number of benzene rings is 2. The van der Waals surface area contributed by atoms with Crippen molar-refractivity contribution in [3.8, 4) is 10.6 Å². The second kappa shape index (κ2) is 8.46. The SMILES string of the molecule is NC(=O)CSc1ccccc1NC(=O)c1cc(-c2cccs2)nc2ccccc12. The third kappa shape index (κ3) is 4.31. The summed E-state index contributed by atoms with van der Waals surface area (Å²) in [5.41, 5.74) is 7.97. The van der Waals surface area contributed by atoms with Crippen LogP contribution >= 0.6 is 23.1 Å². The summed E-state index contributed by atoms with van der Waals surface area (Å²) < 4.78 is 0. The van der Waals surface area contributed by atoms with Crippen molar-refractivity contribution in [2.75, 3.05) is 11.1 Å². The van der Waals surface area contributed by atoms with Crippen LogP contribution in [0.4, 0.5) is 5.69 Å². The molecule has 0 bridgehead atoms. The van der Waals surface area contributed by atoms with Gasteiger partial charge in [-0.2, -0.15) is 0 Å². The van der Waals surface area contributed by atoms with Gasteiger partial charge in [-0.15, -0.1) is 23.1 Å². The molecular weight excluding hydrogens is 402 g/mol. The van der Waals surface area contributed by atoms with Gasteiger partial charge in [-0.25, -0.2) is 4.98 Å². The fourth-order valence-electron chi connectivity index (χ4n) is 2.95. The quantitative estimate of drug-likeness (QED) is 0.440. The highest BCUT2D eigenvalue weighted by Gasteiger charge is 2.16. The Morgan fingerprint density at radius 2 is 1.83 bits per heavy atom. The summed E-state index contributed by atoms with van der Waals surface area (Å²) in [7, 11) is 0. The molecule has 3 N–H and O–H groups in total. The van der Waals surface area contributed by atoms with Gasteiger partial charge in [0.25, 0.3) is 5.91 Å². The first-order valence-electron chi connectivity index (χ1n) is 8.87. The van der Waals surface area contributed by atoms with Crippen LogP contribution in [0.1, 0.15) is 10.4 Å². The molecule has 7 heteroatoms. The van der Waals surface area contributed by atoms with E-state index in [-0.39, 0.29) is 11.7 Å². The number of thioether (sulfide) groups is 1. The van der Waals surface area contributed by atoms with Gasteiger partial charge in [0.05, 0.1) is 33.1 Å². The predicted octanol–water partition coefficient (Wildman–Crippen LogP) is 4.79. The Balaban J connectivity index is 1.72. The number of carbonyl (C=O) groups excluding carboxylic acids is 2. The number of pyridine rings is 1. The maximum Gasteiger partial charge on any atom is 0.256 e. The topological polar surface area (TPSA) is 85.1 Å². The van der Waals surface area contributed by atoms with Gasteiger partial charge < -0.3 is 11.1 Å². The standard InChI is InChI=1S/C22H17N3O2S2/c23-21(26)13-29-19-9-4-3-8-17(19)25-22(27)15-12-18(20-10-5-11-28-20)24-16-7-2-1-6-14(15)16/h1-12H,13H2,(H2,23,26)(H,25,27). The average Bonchev–Trinajstić information content (AvgIpc) is 3.27. The minimum Gasteiger partial charge on any atom is -0.369 e. The van der Waals surface area contributed by atoms with Crippen molar-refractivity contribution < 1.29 is 9.59 Å². The highest BCUT2D eigenvalue weighted by Crippen LogP contribution is 2.30. The van der Waals surface area contributed by atoms with Crippen LogP contribution in [0.2, 0.25) is 0 Å². The molecule has 4 rings (SSSR count). The van der Waals surface area contributed by atoms with Crippen LogP contribution < -0.4 is 11.1 Å². The van der Waals surface area contributed by atoms with Crippen molar-refractivity contribution in [2.45, 2.75) is 4.90 Å². The average molecular weight is 420 g/mol. The van der Waals surface area contributed by atoms with E-state index in [1.165, 1.54) is 11.8 Å². The van der Waals surface area contributed by atoms with Crippen LogP contribution in [0.5, 0.6) is 0 Å². The number of carbonyl (C=O) groups is 2. The first-order chi connectivity index (χ1) is 14.1. The molecular formula is C22H17N3O2S2. The fourth-order valence-corrected chi connectivity index (χ4v) is 4.38. The van der Waals surface area contributed by atoms with E-state index in [1.807, 2.05) is 72.1 Å². The van der Waals surface area contributed by atoms with E-state index in [2.05, 4.69) is 5.32 Å². The number of thiophene rings is 1. The van der Waals surface area contributed by atoms with E-state index in [0.717, 1.165) is 26.4 Å². The van der Waals surface area contributed by atoms with Gasteiger partial charge in [-0.05, 0) is 35.7 Å². The third-order valence-electron chi connectivity index (χ3n) is 4.24. The number of primary amides is 1.